The van der Waals surface area contributed by atoms with Gasteiger partial charge in [-0.3, -0.25) is 4.79 Å². The van der Waals surface area contributed by atoms with Crippen molar-refractivity contribution >= 4 is 11.6 Å². The van der Waals surface area contributed by atoms with Crippen LogP contribution in [0.4, 0.5) is 10.1 Å². The van der Waals surface area contributed by atoms with E-state index in [0.29, 0.717) is 5.69 Å². The Kier molecular flexibility index (Phi) is 3.81. The van der Waals surface area contributed by atoms with Crippen LogP contribution in [0.3, 0.4) is 0 Å². The number of nitrogens with zero attached hydrogens (tertiary/aromatic N) is 1. The largest absolute Gasteiger partial charge is 0.326 e. The van der Waals surface area contributed by atoms with Gasteiger partial charge in [-0.15, -0.1) is 0 Å². The van der Waals surface area contributed by atoms with Crippen molar-refractivity contribution in [3.8, 4) is 6.07 Å². The molecule has 1 aromatic carbocycles. The van der Waals surface area contributed by atoms with Crippen molar-refractivity contribution in [3.63, 3.8) is 0 Å². The van der Waals surface area contributed by atoms with E-state index in [1.54, 1.807) is 6.92 Å². The van der Waals surface area contributed by atoms with Gasteiger partial charge in [-0.25, -0.2) is 4.39 Å². The van der Waals surface area contributed by atoms with Crippen LogP contribution in [0, 0.1) is 23.1 Å². The number of hydrogen-bond donors (Lipinski definition) is 1. The molecule has 1 rings (SSSR count). The number of anilines is 1. The van der Waals surface area contributed by atoms with Crippen molar-refractivity contribution in [2.75, 3.05) is 5.32 Å². The maximum absolute atomic E-state index is 12.5. The number of hydrogen-bond acceptors (Lipinski definition) is 2. The van der Waals surface area contributed by atoms with Crippen LogP contribution < -0.4 is 5.32 Å². The second-order valence-corrected chi connectivity index (χ2v) is 3.29. The highest BCUT2D eigenvalue weighted by atomic mass is 19.1. The predicted molar refractivity (Wildman–Crippen MR) is 54.4 cm³/mol. The van der Waals surface area contributed by atoms with Gasteiger partial charge in [-0.2, -0.15) is 5.26 Å². The van der Waals surface area contributed by atoms with E-state index in [0.717, 1.165) is 0 Å². The van der Waals surface area contributed by atoms with Crippen LogP contribution >= 0.6 is 0 Å². The van der Waals surface area contributed by atoms with E-state index in [4.69, 9.17) is 5.26 Å². The maximum Gasteiger partial charge on any atom is 0.225 e. The second kappa shape index (κ2) is 5.11. The van der Waals surface area contributed by atoms with E-state index < -0.39 is 0 Å². The molecule has 1 atom stereocenters. The minimum Gasteiger partial charge on any atom is -0.326 e. The van der Waals surface area contributed by atoms with E-state index in [9.17, 15) is 9.18 Å². The van der Waals surface area contributed by atoms with Crippen molar-refractivity contribution in [1.82, 2.24) is 0 Å². The van der Waals surface area contributed by atoms with Crippen LogP contribution in [0.25, 0.3) is 0 Å². The number of benzene rings is 1. The van der Waals surface area contributed by atoms with Crippen molar-refractivity contribution in [2.45, 2.75) is 13.3 Å². The Labute approximate surface area is 87.5 Å². The molecule has 0 aliphatic carbocycles. The highest BCUT2D eigenvalue weighted by Crippen LogP contribution is 2.09. The molecule has 0 bridgehead atoms. The lowest BCUT2D eigenvalue weighted by atomic mass is 10.1. The molecule has 1 unspecified atom stereocenters. The van der Waals surface area contributed by atoms with Gasteiger partial charge in [0.2, 0.25) is 5.91 Å². The molecule has 3 nitrogen and oxygen atoms in total. The van der Waals surface area contributed by atoms with Crippen LogP contribution in [0.5, 0.6) is 0 Å². The van der Waals surface area contributed by atoms with Gasteiger partial charge in [0.1, 0.15) is 5.82 Å². The summed E-state index contributed by atoms with van der Waals surface area (Å²) in [4.78, 5) is 11.3. The fourth-order valence-electron chi connectivity index (χ4n) is 1.07. The van der Waals surface area contributed by atoms with Crippen LogP contribution in [-0.2, 0) is 4.79 Å². The van der Waals surface area contributed by atoms with Gasteiger partial charge < -0.3 is 5.32 Å². The molecule has 0 aliphatic rings. The summed E-state index contributed by atoms with van der Waals surface area (Å²) < 4.78 is 12.5. The molecule has 0 radical (unpaired) electrons. The number of rotatable bonds is 3. The van der Waals surface area contributed by atoms with Crippen LogP contribution in [-0.4, -0.2) is 5.91 Å². The third kappa shape index (κ3) is 3.77. The smallest absolute Gasteiger partial charge is 0.225 e. The van der Waals surface area contributed by atoms with Gasteiger partial charge in [0.15, 0.2) is 0 Å². The molecule has 1 N–H and O–H groups in total. The standard InChI is InChI=1S/C11H11FN2O/c1-8(7-13)6-11(15)14-10-4-2-9(12)3-5-10/h2-5,8H,6H2,1H3,(H,14,15). The lowest BCUT2D eigenvalue weighted by Crippen LogP contribution is -2.14. The first kappa shape index (κ1) is 11.2. The zero-order chi connectivity index (χ0) is 11.3. The fraction of sp³-hybridized carbons (Fsp3) is 0.273. The molecular weight excluding hydrogens is 195 g/mol. The fourth-order valence-corrected chi connectivity index (χ4v) is 1.07. The summed E-state index contributed by atoms with van der Waals surface area (Å²) in [6.45, 7) is 1.67. The SMILES string of the molecule is CC(C#N)CC(=O)Nc1ccc(F)cc1. The summed E-state index contributed by atoms with van der Waals surface area (Å²) >= 11 is 0. The molecular formula is C11H11FN2O. The summed E-state index contributed by atoms with van der Waals surface area (Å²) in [6.07, 6.45) is 0.147. The first-order valence-electron chi connectivity index (χ1n) is 4.57. The van der Waals surface area contributed by atoms with Crippen molar-refractivity contribution in [3.05, 3.63) is 30.1 Å². The number of nitriles is 1. The maximum atomic E-state index is 12.5. The molecule has 0 aliphatic heterocycles. The summed E-state index contributed by atoms with van der Waals surface area (Å²) in [5.41, 5.74) is 0.534. The third-order valence-corrected chi connectivity index (χ3v) is 1.84. The van der Waals surface area contributed by atoms with Crippen molar-refractivity contribution in [1.29, 1.82) is 5.26 Å². The Bertz CT molecular complexity index is 381. The molecule has 0 spiro atoms. The van der Waals surface area contributed by atoms with Gasteiger partial charge in [0.05, 0.1) is 12.0 Å². The lowest BCUT2D eigenvalue weighted by Gasteiger charge is -2.05. The minimum absolute atomic E-state index is 0.147. The molecule has 4 heteroatoms. The van der Waals surface area contributed by atoms with E-state index in [-0.39, 0.29) is 24.1 Å². The molecule has 1 aromatic rings. The number of amides is 1. The zero-order valence-electron chi connectivity index (χ0n) is 8.33. The molecule has 0 fully saturated rings. The van der Waals surface area contributed by atoms with Crippen LogP contribution in [0.1, 0.15) is 13.3 Å². The van der Waals surface area contributed by atoms with E-state index in [1.165, 1.54) is 24.3 Å². The molecule has 1 amide bonds. The highest BCUT2D eigenvalue weighted by Gasteiger charge is 2.07. The number of nitrogens with one attached hydrogen (secondary N) is 1. The van der Waals surface area contributed by atoms with E-state index in [1.807, 2.05) is 6.07 Å². The average molecular weight is 206 g/mol. The lowest BCUT2D eigenvalue weighted by molar-refractivity contribution is -0.116. The Hall–Kier alpha value is -1.89. The minimum atomic E-state index is -0.349. The zero-order valence-corrected chi connectivity index (χ0v) is 8.33. The first-order valence-corrected chi connectivity index (χ1v) is 4.57. The normalized spacial score (nSPS) is 11.5. The van der Waals surface area contributed by atoms with E-state index >= 15 is 0 Å². The van der Waals surface area contributed by atoms with Crippen LogP contribution in [0.15, 0.2) is 24.3 Å². The van der Waals surface area contributed by atoms with Gasteiger partial charge in [-0.05, 0) is 31.2 Å². The number of carbonyl (C=O) groups is 1. The first-order chi connectivity index (χ1) is 7.11. The van der Waals surface area contributed by atoms with Gasteiger partial charge in [-0.1, -0.05) is 0 Å². The van der Waals surface area contributed by atoms with Crippen LogP contribution in [0.2, 0.25) is 0 Å². The molecule has 78 valence electrons. The second-order valence-electron chi connectivity index (χ2n) is 3.29. The number of carbonyl (C=O) groups excluding carboxylic acids is 1. The average Bonchev–Trinajstić information content (AvgIpc) is 2.21. The molecule has 0 heterocycles. The molecule has 0 saturated carbocycles. The van der Waals surface area contributed by atoms with Gasteiger partial charge in [0, 0.05) is 12.1 Å². The summed E-state index contributed by atoms with van der Waals surface area (Å²) in [5, 5.41) is 11.1. The summed E-state index contributed by atoms with van der Waals surface area (Å²) in [6, 6.07) is 7.46. The predicted octanol–water partition coefficient (Wildman–Crippen LogP) is 2.31. The molecule has 0 aromatic heterocycles. The van der Waals surface area contributed by atoms with Gasteiger partial charge >= 0.3 is 0 Å². The topological polar surface area (TPSA) is 52.9 Å². The quantitative estimate of drug-likeness (QED) is 0.825. The Balaban J connectivity index is 2.52. The molecule has 0 saturated heterocycles. The molecule has 15 heavy (non-hydrogen) atoms. The summed E-state index contributed by atoms with van der Waals surface area (Å²) in [5.74, 6) is -0.903. The Morgan fingerprint density at radius 2 is 2.13 bits per heavy atom. The Morgan fingerprint density at radius 3 is 2.67 bits per heavy atom. The Morgan fingerprint density at radius 1 is 1.53 bits per heavy atom. The third-order valence-electron chi connectivity index (χ3n) is 1.84. The van der Waals surface area contributed by atoms with Crippen molar-refractivity contribution < 1.29 is 9.18 Å². The van der Waals surface area contributed by atoms with Gasteiger partial charge in [0.25, 0.3) is 0 Å². The number of halogens is 1. The monoisotopic (exact) mass is 206 g/mol. The van der Waals surface area contributed by atoms with E-state index in [2.05, 4.69) is 5.32 Å². The van der Waals surface area contributed by atoms with Crippen molar-refractivity contribution in [2.24, 2.45) is 5.92 Å². The highest BCUT2D eigenvalue weighted by molar-refractivity contribution is 5.90. The summed E-state index contributed by atoms with van der Waals surface area (Å²) in [7, 11) is 0.